The number of aryl methyl sites for hydroxylation is 2. The molecule has 3 heterocycles. The Kier molecular flexibility index (Phi) is 4.78. The highest BCUT2D eigenvalue weighted by molar-refractivity contribution is 7.15. The molecule has 0 saturated heterocycles. The fourth-order valence-electron chi connectivity index (χ4n) is 2.59. The van der Waals surface area contributed by atoms with Gasteiger partial charge in [0.05, 0.1) is 16.6 Å². The minimum Gasteiger partial charge on any atom is -0.377 e. The van der Waals surface area contributed by atoms with Gasteiger partial charge in [-0.1, -0.05) is 25.2 Å². The Bertz CT molecular complexity index is 930. The van der Waals surface area contributed by atoms with Crippen LogP contribution in [0.15, 0.2) is 6.07 Å². The quantitative estimate of drug-likeness (QED) is 0.751. The molecule has 0 unspecified atom stereocenters. The maximum Gasteiger partial charge on any atom is 0.258 e. The number of carbonyl (C=O) groups excluding carboxylic acids is 1. The van der Waals surface area contributed by atoms with E-state index < -0.39 is 0 Å². The summed E-state index contributed by atoms with van der Waals surface area (Å²) in [6.45, 7) is 6.32. The number of anilines is 1. The molecule has 0 bridgehead atoms. The van der Waals surface area contributed by atoms with Gasteiger partial charge >= 0.3 is 0 Å². The number of hydrogen-bond donors (Lipinski definition) is 1. The first kappa shape index (κ1) is 17.4. The summed E-state index contributed by atoms with van der Waals surface area (Å²) in [5.41, 5.74) is 2.86. The topological polar surface area (TPSA) is 94.8 Å². The predicted molar refractivity (Wildman–Crippen MR) is 95.9 cm³/mol. The summed E-state index contributed by atoms with van der Waals surface area (Å²) in [7, 11) is 3.42. The first-order valence-corrected chi connectivity index (χ1v) is 8.69. The van der Waals surface area contributed by atoms with Crippen molar-refractivity contribution in [1.82, 2.24) is 25.0 Å². The van der Waals surface area contributed by atoms with E-state index in [-0.39, 0.29) is 11.8 Å². The summed E-state index contributed by atoms with van der Waals surface area (Å²) >= 11 is 1.29. The summed E-state index contributed by atoms with van der Waals surface area (Å²) in [4.78, 5) is 17.5. The number of aromatic nitrogens is 5. The van der Waals surface area contributed by atoms with E-state index in [1.807, 2.05) is 33.9 Å². The normalized spacial score (nSPS) is 11.4. The molecule has 0 aliphatic heterocycles. The zero-order chi connectivity index (χ0) is 18.1. The number of rotatable bonds is 5. The van der Waals surface area contributed by atoms with Crippen molar-refractivity contribution in [2.75, 3.05) is 12.4 Å². The monoisotopic (exact) mass is 360 g/mol. The predicted octanol–water partition coefficient (Wildman–Crippen LogP) is 2.65. The summed E-state index contributed by atoms with van der Waals surface area (Å²) in [6.07, 6.45) is 0. The highest BCUT2D eigenvalue weighted by Crippen LogP contribution is 2.26. The second-order valence-electron chi connectivity index (χ2n) is 6.05. The molecule has 3 aromatic heterocycles. The third kappa shape index (κ3) is 3.38. The van der Waals surface area contributed by atoms with Crippen LogP contribution in [0.1, 0.15) is 46.5 Å². The fourth-order valence-corrected chi connectivity index (χ4v) is 3.30. The second kappa shape index (κ2) is 6.85. The maximum absolute atomic E-state index is 12.9. The number of ether oxygens (including phenoxy) is 1. The molecule has 0 fully saturated rings. The molecule has 3 rings (SSSR count). The number of methoxy groups -OCH3 is 1. The molecule has 0 aliphatic carbocycles. The van der Waals surface area contributed by atoms with Crippen molar-refractivity contribution in [2.24, 2.45) is 7.05 Å². The van der Waals surface area contributed by atoms with Crippen molar-refractivity contribution in [3.63, 3.8) is 0 Å². The molecule has 25 heavy (non-hydrogen) atoms. The summed E-state index contributed by atoms with van der Waals surface area (Å²) in [6, 6.07) is 1.83. The van der Waals surface area contributed by atoms with Crippen LogP contribution in [-0.4, -0.2) is 38.0 Å². The van der Waals surface area contributed by atoms with Gasteiger partial charge in [0.2, 0.25) is 5.13 Å². The van der Waals surface area contributed by atoms with Crippen LogP contribution in [0.5, 0.6) is 0 Å². The van der Waals surface area contributed by atoms with Crippen molar-refractivity contribution in [3.05, 3.63) is 28.0 Å². The summed E-state index contributed by atoms with van der Waals surface area (Å²) < 4.78 is 6.73. The van der Waals surface area contributed by atoms with Crippen LogP contribution in [0.4, 0.5) is 5.13 Å². The Balaban J connectivity index is 2.02. The average Bonchev–Trinajstić information content (AvgIpc) is 3.11. The van der Waals surface area contributed by atoms with E-state index >= 15 is 0 Å². The van der Waals surface area contributed by atoms with Gasteiger partial charge in [-0.15, -0.1) is 10.2 Å². The molecule has 1 N–H and O–H groups in total. The van der Waals surface area contributed by atoms with Crippen LogP contribution in [0.3, 0.4) is 0 Å². The first-order valence-electron chi connectivity index (χ1n) is 7.87. The van der Waals surface area contributed by atoms with Crippen molar-refractivity contribution in [1.29, 1.82) is 0 Å². The van der Waals surface area contributed by atoms with Gasteiger partial charge in [-0.3, -0.25) is 14.8 Å². The molecular weight excluding hydrogens is 340 g/mol. The van der Waals surface area contributed by atoms with Crippen molar-refractivity contribution < 1.29 is 9.53 Å². The van der Waals surface area contributed by atoms with Crippen LogP contribution < -0.4 is 5.32 Å². The van der Waals surface area contributed by atoms with E-state index in [0.717, 1.165) is 16.8 Å². The lowest BCUT2D eigenvalue weighted by Gasteiger charge is -2.09. The lowest BCUT2D eigenvalue weighted by Crippen LogP contribution is -2.14. The average molecular weight is 360 g/mol. The SMILES string of the molecule is COCc1nnc(NC(=O)c2cc(C(C)C)nc3c2c(C)nn3C)s1. The molecule has 0 aliphatic rings. The Morgan fingerprint density at radius 3 is 2.84 bits per heavy atom. The van der Waals surface area contributed by atoms with Gasteiger partial charge in [0.25, 0.3) is 5.91 Å². The van der Waals surface area contributed by atoms with Gasteiger partial charge in [0.1, 0.15) is 11.6 Å². The first-order chi connectivity index (χ1) is 11.9. The van der Waals surface area contributed by atoms with Crippen molar-refractivity contribution >= 4 is 33.4 Å². The van der Waals surface area contributed by atoms with Crippen LogP contribution in [0.2, 0.25) is 0 Å². The molecule has 132 valence electrons. The van der Waals surface area contributed by atoms with E-state index in [4.69, 9.17) is 4.74 Å². The van der Waals surface area contributed by atoms with Crippen LogP contribution in [0.25, 0.3) is 11.0 Å². The maximum atomic E-state index is 12.9. The van der Waals surface area contributed by atoms with Crippen LogP contribution in [0, 0.1) is 6.92 Å². The standard InChI is InChI=1S/C16H20N6O2S/c1-8(2)11-6-10(13-9(3)21-22(4)14(13)17-11)15(23)18-16-20-19-12(25-16)7-24-5/h6,8H,7H2,1-5H3,(H,18,20,23). The smallest absolute Gasteiger partial charge is 0.258 e. The van der Waals surface area contributed by atoms with Crippen molar-refractivity contribution in [3.8, 4) is 0 Å². The molecule has 1 amide bonds. The highest BCUT2D eigenvalue weighted by atomic mass is 32.1. The highest BCUT2D eigenvalue weighted by Gasteiger charge is 2.20. The van der Waals surface area contributed by atoms with Gasteiger partial charge in [0, 0.05) is 19.9 Å². The molecule has 0 saturated carbocycles. The van der Waals surface area contributed by atoms with E-state index in [0.29, 0.717) is 28.0 Å². The zero-order valence-corrected chi connectivity index (χ0v) is 15.6. The third-order valence-corrected chi connectivity index (χ3v) is 4.59. The minimum absolute atomic E-state index is 0.195. The molecule has 9 heteroatoms. The molecule has 0 spiro atoms. The molecular formula is C16H20N6O2S. The number of hydrogen-bond acceptors (Lipinski definition) is 7. The molecule has 0 radical (unpaired) electrons. The molecule has 3 aromatic rings. The van der Waals surface area contributed by atoms with E-state index in [9.17, 15) is 4.79 Å². The zero-order valence-electron chi connectivity index (χ0n) is 14.8. The van der Waals surface area contributed by atoms with Crippen molar-refractivity contribution in [2.45, 2.75) is 33.3 Å². The Morgan fingerprint density at radius 2 is 2.16 bits per heavy atom. The van der Waals surface area contributed by atoms with E-state index in [1.54, 1.807) is 11.8 Å². The number of carbonyl (C=O) groups is 1. The van der Waals surface area contributed by atoms with Gasteiger partial charge in [0.15, 0.2) is 5.65 Å². The Hall–Kier alpha value is -2.39. The second-order valence-corrected chi connectivity index (χ2v) is 7.11. The minimum atomic E-state index is -0.245. The Morgan fingerprint density at radius 1 is 1.40 bits per heavy atom. The van der Waals surface area contributed by atoms with E-state index in [2.05, 4.69) is 25.6 Å². The fraction of sp³-hybridized carbons (Fsp3) is 0.438. The molecule has 0 aromatic carbocycles. The van der Waals surface area contributed by atoms with Gasteiger partial charge in [-0.05, 0) is 18.9 Å². The molecule has 8 nitrogen and oxygen atoms in total. The van der Waals surface area contributed by atoms with E-state index in [1.165, 1.54) is 11.3 Å². The summed E-state index contributed by atoms with van der Waals surface area (Å²) in [5.74, 6) is -0.0495. The van der Waals surface area contributed by atoms with Gasteiger partial charge in [-0.25, -0.2) is 4.98 Å². The number of nitrogens with zero attached hydrogens (tertiary/aromatic N) is 5. The lowest BCUT2D eigenvalue weighted by molar-refractivity contribution is 0.102. The van der Waals surface area contributed by atoms with Gasteiger partial charge in [-0.2, -0.15) is 5.10 Å². The number of nitrogens with one attached hydrogen (secondary N) is 1. The number of fused-ring (bicyclic) bond motifs is 1. The lowest BCUT2D eigenvalue weighted by atomic mass is 10.0. The van der Waals surface area contributed by atoms with Crippen LogP contribution >= 0.6 is 11.3 Å². The third-order valence-electron chi connectivity index (χ3n) is 3.78. The number of pyridine rings is 1. The van der Waals surface area contributed by atoms with Gasteiger partial charge < -0.3 is 4.74 Å². The summed E-state index contributed by atoms with van der Waals surface area (Å²) in [5, 5.41) is 17.1. The van der Waals surface area contributed by atoms with Crippen LogP contribution in [-0.2, 0) is 18.4 Å². The largest absolute Gasteiger partial charge is 0.377 e. The molecule has 0 atom stereocenters. The Labute approximate surface area is 149 Å². The number of amides is 1.